The van der Waals surface area contributed by atoms with E-state index in [0.29, 0.717) is 101 Å². The van der Waals surface area contributed by atoms with Gasteiger partial charge >= 0.3 is 11.9 Å². The van der Waals surface area contributed by atoms with Gasteiger partial charge in [-0.2, -0.15) is 0 Å². The summed E-state index contributed by atoms with van der Waals surface area (Å²) in [6.45, 7) is 7.50. The van der Waals surface area contributed by atoms with Gasteiger partial charge in [-0.05, 0) is 92.2 Å². The maximum Gasteiger partial charge on any atom is 0.305 e. The van der Waals surface area contributed by atoms with Gasteiger partial charge in [-0.15, -0.1) is 0 Å². The molecule has 5 heterocycles. The molecule has 3 aromatic heterocycles. The van der Waals surface area contributed by atoms with Crippen LogP contribution in [-0.4, -0.2) is 63.4 Å². The number of rotatable bonds is 12. The van der Waals surface area contributed by atoms with E-state index in [-0.39, 0.29) is 48.6 Å². The fourth-order valence-electron chi connectivity index (χ4n) is 8.49. The molecule has 0 saturated heterocycles. The second-order valence-electron chi connectivity index (χ2n) is 15.8. The Kier molecular flexibility index (Phi) is 12.0. The van der Waals surface area contributed by atoms with Crippen molar-refractivity contribution in [1.29, 1.82) is 0 Å². The van der Waals surface area contributed by atoms with Gasteiger partial charge in [0.25, 0.3) is 0 Å². The lowest BCUT2D eigenvalue weighted by atomic mass is 9.90. The molecule has 11 heteroatoms. The van der Waals surface area contributed by atoms with Crippen LogP contribution in [0.2, 0.25) is 0 Å². The molecule has 8 rings (SSSR count). The average molecular weight is 851 g/mol. The van der Waals surface area contributed by atoms with E-state index in [0.717, 1.165) is 5.57 Å². The maximum absolute atomic E-state index is 15.2. The lowest BCUT2D eigenvalue weighted by molar-refractivity contribution is -0.141. The van der Waals surface area contributed by atoms with Crippen LogP contribution in [0.5, 0.6) is 0 Å². The summed E-state index contributed by atoms with van der Waals surface area (Å²) in [5.74, 6) is -1.67. The summed E-state index contributed by atoms with van der Waals surface area (Å²) in [6.07, 6.45) is 0.372. The number of aromatic nitrogens is 4. The number of benzene rings is 3. The predicted molar refractivity (Wildman–Crippen MR) is 248 cm³/mol. The predicted octanol–water partition coefficient (Wildman–Crippen LogP) is 10.4. The number of hydrogen-bond donors (Lipinski definition) is 2. The average Bonchev–Trinajstić information content (AvgIpc) is 4.00. The maximum atomic E-state index is 15.2. The number of ketones is 3. The minimum atomic E-state index is -0.439. The number of carbonyl (C=O) groups excluding carboxylic acids is 5. The standard InChI is InChI=1S/C53H46N4O7/c1-29-36(22-24-44(58)63-5)49-48(53(62)35-20-14-9-15-21-35)50-37(23-25-45(59)64-6)30(2)39(57-50)27-42-47(52(61)34-18-12-8-13-19-34)32(4)41(55-42)28-43-46(51(60)33-16-10-7-11-17-33)31(3)40(54-43)26-38(29)56-49/h7-21,26-28,54-55H,22-25H2,1-6H3. The van der Waals surface area contributed by atoms with Crippen molar-refractivity contribution in [1.82, 2.24) is 19.9 Å². The van der Waals surface area contributed by atoms with E-state index in [9.17, 15) is 19.2 Å². The summed E-state index contributed by atoms with van der Waals surface area (Å²) in [7, 11) is 2.65. The van der Waals surface area contributed by atoms with Crippen molar-refractivity contribution in [3.05, 3.63) is 176 Å². The highest BCUT2D eigenvalue weighted by Crippen LogP contribution is 2.42. The number of aryl methyl sites for hydroxylation is 2. The van der Waals surface area contributed by atoms with Crippen molar-refractivity contribution < 1.29 is 33.4 Å². The van der Waals surface area contributed by atoms with Crippen LogP contribution >= 0.6 is 0 Å². The smallest absolute Gasteiger partial charge is 0.305 e. The van der Waals surface area contributed by atoms with E-state index in [1.165, 1.54) is 14.2 Å². The largest absolute Gasteiger partial charge is 0.469 e. The van der Waals surface area contributed by atoms with E-state index < -0.39 is 11.9 Å². The normalized spacial score (nSPS) is 12.3. The molecular weight excluding hydrogens is 805 g/mol. The second kappa shape index (κ2) is 17.9. The van der Waals surface area contributed by atoms with Gasteiger partial charge in [0.15, 0.2) is 17.3 Å². The van der Waals surface area contributed by atoms with Crippen LogP contribution in [0.25, 0.3) is 44.4 Å². The molecule has 0 unspecified atom stereocenters. The molecule has 0 spiro atoms. The number of H-pyrrole nitrogens is 2. The summed E-state index contributed by atoms with van der Waals surface area (Å²) in [5.41, 5.74) is 10.1. The van der Waals surface area contributed by atoms with Crippen molar-refractivity contribution in [3.63, 3.8) is 0 Å². The number of fused-ring (bicyclic) bond motifs is 8. The Hall–Kier alpha value is -7.79. The molecular formula is C53H46N4O7. The monoisotopic (exact) mass is 850 g/mol. The van der Waals surface area contributed by atoms with Crippen molar-refractivity contribution in [2.24, 2.45) is 0 Å². The molecule has 0 amide bonds. The first kappa shape index (κ1) is 42.9. The van der Waals surface area contributed by atoms with Gasteiger partial charge in [0.1, 0.15) is 0 Å². The molecule has 2 aliphatic rings. The summed E-state index contributed by atoms with van der Waals surface area (Å²) in [4.78, 5) is 87.2. The minimum absolute atomic E-state index is 0.000678. The lowest BCUT2D eigenvalue weighted by Gasteiger charge is -2.12. The Labute approximate surface area is 369 Å². The lowest BCUT2D eigenvalue weighted by Crippen LogP contribution is -2.10. The van der Waals surface area contributed by atoms with E-state index in [2.05, 4.69) is 9.97 Å². The zero-order chi connectivity index (χ0) is 45.2. The third-order valence-corrected chi connectivity index (χ3v) is 12.1. The quantitative estimate of drug-likeness (QED) is 0.0902. The van der Waals surface area contributed by atoms with Crippen molar-refractivity contribution in [3.8, 4) is 0 Å². The fourth-order valence-corrected chi connectivity index (χ4v) is 8.49. The molecule has 6 aromatic rings. The summed E-state index contributed by atoms with van der Waals surface area (Å²) in [5, 5.41) is 0. The van der Waals surface area contributed by atoms with Gasteiger partial charge in [0.2, 0.25) is 0 Å². The van der Waals surface area contributed by atoms with Crippen molar-refractivity contribution in [2.45, 2.75) is 53.4 Å². The zero-order valence-corrected chi connectivity index (χ0v) is 36.5. The highest BCUT2D eigenvalue weighted by molar-refractivity contribution is 6.19. The summed E-state index contributed by atoms with van der Waals surface area (Å²) >= 11 is 0. The molecule has 64 heavy (non-hydrogen) atoms. The Morgan fingerprint density at radius 1 is 0.469 bits per heavy atom. The molecule has 0 fully saturated rings. The van der Waals surface area contributed by atoms with Crippen LogP contribution < -0.4 is 0 Å². The van der Waals surface area contributed by atoms with Crippen LogP contribution in [0, 0.1) is 13.8 Å². The summed E-state index contributed by atoms with van der Waals surface area (Å²) in [6, 6.07) is 32.3. The van der Waals surface area contributed by atoms with Crippen LogP contribution in [0.15, 0.2) is 109 Å². The first-order valence-electron chi connectivity index (χ1n) is 21.0. The number of allylic oxidation sites excluding steroid dienone is 4. The molecule has 2 aliphatic heterocycles. The first-order chi connectivity index (χ1) is 30.9. The molecule has 320 valence electrons. The molecule has 0 atom stereocenters. The third kappa shape index (κ3) is 8.04. The van der Waals surface area contributed by atoms with Gasteiger partial charge in [-0.3, -0.25) is 24.0 Å². The Morgan fingerprint density at radius 3 is 1.20 bits per heavy atom. The molecule has 8 bridgehead atoms. The highest BCUT2D eigenvalue weighted by atomic mass is 16.5. The number of methoxy groups -OCH3 is 2. The number of carbonyl (C=O) groups is 5. The van der Waals surface area contributed by atoms with Crippen LogP contribution in [0.3, 0.4) is 0 Å². The zero-order valence-electron chi connectivity index (χ0n) is 36.5. The molecule has 0 radical (unpaired) electrons. The van der Waals surface area contributed by atoms with Crippen LogP contribution in [0.1, 0.15) is 121 Å². The third-order valence-electron chi connectivity index (χ3n) is 12.1. The number of nitrogens with zero attached hydrogens (tertiary/aromatic N) is 2. The Morgan fingerprint density at radius 2 is 0.812 bits per heavy atom. The number of nitrogens with one attached hydrogen (secondary N) is 2. The topological polar surface area (TPSA) is 161 Å². The van der Waals surface area contributed by atoms with Gasteiger partial charge in [-0.25, -0.2) is 9.97 Å². The van der Waals surface area contributed by atoms with E-state index in [4.69, 9.17) is 19.4 Å². The van der Waals surface area contributed by atoms with E-state index in [1.54, 1.807) is 54.6 Å². The number of ether oxygens (including phenoxy) is 2. The Bertz CT molecular complexity index is 3140. The van der Waals surface area contributed by atoms with Crippen molar-refractivity contribution in [2.75, 3.05) is 14.2 Å². The number of hydrogen-bond acceptors (Lipinski definition) is 9. The molecule has 2 N–H and O–H groups in total. The molecule has 11 nitrogen and oxygen atoms in total. The fraction of sp³-hybridized carbons (Fsp3) is 0.189. The SMILES string of the molecule is COC(=O)CCC1=C(C)c2cc3[nH]c(cc4[nH]c(cc5nc(c(C(=O)c6ccccc6)c1n2)C(CCC(=O)OC)=C5C)c(C(=O)c1ccccc1)c4C)c(C(=O)c1ccccc1)c3C. The number of aromatic amines is 2. The molecule has 0 saturated carbocycles. The van der Waals surface area contributed by atoms with Gasteiger partial charge in [-0.1, -0.05) is 91.0 Å². The van der Waals surface area contributed by atoms with Gasteiger partial charge < -0.3 is 19.4 Å². The van der Waals surface area contributed by atoms with E-state index in [1.807, 2.05) is 82.3 Å². The first-order valence-corrected chi connectivity index (χ1v) is 21.0. The minimum Gasteiger partial charge on any atom is -0.469 e. The molecule has 0 aliphatic carbocycles. The molecule has 3 aromatic carbocycles. The number of esters is 2. The highest BCUT2D eigenvalue weighted by Gasteiger charge is 2.32. The van der Waals surface area contributed by atoms with E-state index >= 15 is 4.79 Å². The second-order valence-corrected chi connectivity index (χ2v) is 15.8. The van der Waals surface area contributed by atoms with Gasteiger partial charge in [0.05, 0.1) is 64.7 Å². The summed E-state index contributed by atoms with van der Waals surface area (Å²) < 4.78 is 10.1. The van der Waals surface area contributed by atoms with Crippen molar-refractivity contribution >= 4 is 73.6 Å². The Balaban J connectivity index is 1.57. The van der Waals surface area contributed by atoms with Gasteiger partial charge in [0, 0.05) is 40.6 Å². The van der Waals surface area contributed by atoms with Crippen LogP contribution in [0.4, 0.5) is 0 Å². The van der Waals surface area contributed by atoms with Crippen LogP contribution in [-0.2, 0) is 19.1 Å².